The number of methoxy groups -OCH3 is 1. The molecule has 102 valence electrons. The van der Waals surface area contributed by atoms with E-state index in [1.807, 2.05) is 11.3 Å². The molecule has 0 atom stereocenters. The fourth-order valence-corrected chi connectivity index (χ4v) is 3.01. The molecule has 1 heterocycles. The van der Waals surface area contributed by atoms with Crippen molar-refractivity contribution in [3.63, 3.8) is 0 Å². The van der Waals surface area contributed by atoms with E-state index in [0.717, 1.165) is 38.7 Å². The second kappa shape index (κ2) is 7.24. The SMILES string of the molecule is COCCCN(C)Cc1ccc(CNC2CC2)s1. The summed E-state index contributed by atoms with van der Waals surface area (Å²) in [4.78, 5) is 5.29. The Morgan fingerprint density at radius 1 is 1.39 bits per heavy atom. The van der Waals surface area contributed by atoms with Gasteiger partial charge >= 0.3 is 0 Å². The predicted molar refractivity (Wildman–Crippen MR) is 77.0 cm³/mol. The van der Waals surface area contributed by atoms with Gasteiger partial charge in [-0.2, -0.15) is 0 Å². The number of nitrogens with one attached hydrogen (secondary N) is 1. The number of ether oxygens (including phenoxy) is 1. The van der Waals surface area contributed by atoms with Gasteiger partial charge in [0.2, 0.25) is 0 Å². The van der Waals surface area contributed by atoms with Crippen LogP contribution in [0.15, 0.2) is 12.1 Å². The predicted octanol–water partition coefficient (Wildman–Crippen LogP) is 2.47. The van der Waals surface area contributed by atoms with Crippen LogP contribution in [0.5, 0.6) is 0 Å². The molecule has 3 nitrogen and oxygen atoms in total. The van der Waals surface area contributed by atoms with Crippen LogP contribution in [-0.4, -0.2) is 38.3 Å². The first kappa shape index (κ1) is 14.0. The Hall–Kier alpha value is -0.420. The van der Waals surface area contributed by atoms with Crippen LogP contribution >= 0.6 is 11.3 Å². The van der Waals surface area contributed by atoms with Gasteiger partial charge < -0.3 is 15.0 Å². The zero-order valence-corrected chi connectivity index (χ0v) is 12.3. The van der Waals surface area contributed by atoms with Crippen molar-refractivity contribution in [2.45, 2.75) is 38.4 Å². The lowest BCUT2D eigenvalue weighted by atomic mass is 10.3. The molecule has 0 saturated heterocycles. The van der Waals surface area contributed by atoms with E-state index < -0.39 is 0 Å². The van der Waals surface area contributed by atoms with E-state index in [2.05, 4.69) is 29.4 Å². The molecule has 0 unspecified atom stereocenters. The van der Waals surface area contributed by atoms with E-state index in [-0.39, 0.29) is 0 Å². The number of hydrogen-bond acceptors (Lipinski definition) is 4. The molecule has 0 spiro atoms. The Bertz CT molecular complexity index is 349. The Morgan fingerprint density at radius 2 is 2.17 bits per heavy atom. The zero-order valence-electron chi connectivity index (χ0n) is 11.4. The number of rotatable bonds is 9. The van der Waals surface area contributed by atoms with Crippen LogP contribution in [0.2, 0.25) is 0 Å². The van der Waals surface area contributed by atoms with Crippen LogP contribution < -0.4 is 5.32 Å². The lowest BCUT2D eigenvalue weighted by molar-refractivity contribution is 0.178. The standard InChI is InChI=1S/C14H24N2OS/c1-16(8-3-9-17-2)11-14-7-6-13(18-14)10-15-12-4-5-12/h6-7,12,15H,3-5,8-11H2,1-2H3. The molecule has 1 fully saturated rings. The van der Waals surface area contributed by atoms with Gasteiger partial charge in [0.05, 0.1) is 0 Å². The summed E-state index contributed by atoms with van der Waals surface area (Å²) < 4.78 is 5.07. The molecule has 0 radical (unpaired) electrons. The fourth-order valence-electron chi connectivity index (χ4n) is 1.96. The molecular weight excluding hydrogens is 244 g/mol. The van der Waals surface area contributed by atoms with Crippen LogP contribution in [0.25, 0.3) is 0 Å². The minimum absolute atomic E-state index is 0.798. The highest BCUT2D eigenvalue weighted by Gasteiger charge is 2.20. The van der Waals surface area contributed by atoms with Crippen LogP contribution in [0, 0.1) is 0 Å². The number of nitrogens with zero attached hydrogens (tertiary/aromatic N) is 1. The Kier molecular flexibility index (Phi) is 5.63. The summed E-state index contributed by atoms with van der Waals surface area (Å²) in [6.07, 6.45) is 3.83. The second-order valence-electron chi connectivity index (χ2n) is 5.11. The monoisotopic (exact) mass is 268 g/mol. The molecular formula is C14H24N2OS. The lowest BCUT2D eigenvalue weighted by Crippen LogP contribution is -2.19. The van der Waals surface area contributed by atoms with E-state index in [0.29, 0.717) is 0 Å². The largest absolute Gasteiger partial charge is 0.385 e. The maximum atomic E-state index is 5.07. The number of thiophene rings is 1. The van der Waals surface area contributed by atoms with Gasteiger partial charge in [-0.15, -0.1) is 11.3 Å². The minimum Gasteiger partial charge on any atom is -0.385 e. The summed E-state index contributed by atoms with van der Waals surface area (Å²) in [5, 5.41) is 3.56. The van der Waals surface area contributed by atoms with Crippen molar-refractivity contribution < 1.29 is 4.74 Å². The molecule has 1 aliphatic rings. The minimum atomic E-state index is 0.798. The summed E-state index contributed by atoms with van der Waals surface area (Å²) in [5.41, 5.74) is 0. The Morgan fingerprint density at radius 3 is 2.89 bits per heavy atom. The first-order chi connectivity index (χ1) is 8.78. The van der Waals surface area contributed by atoms with Crippen molar-refractivity contribution in [3.8, 4) is 0 Å². The first-order valence-electron chi connectivity index (χ1n) is 6.76. The van der Waals surface area contributed by atoms with Gasteiger partial charge in [-0.1, -0.05) is 0 Å². The molecule has 0 aromatic carbocycles. The van der Waals surface area contributed by atoms with Crippen LogP contribution in [0.1, 0.15) is 29.0 Å². The third-order valence-electron chi connectivity index (χ3n) is 3.17. The highest BCUT2D eigenvalue weighted by Crippen LogP contribution is 2.22. The van der Waals surface area contributed by atoms with Gasteiger partial charge in [-0.05, 0) is 38.4 Å². The van der Waals surface area contributed by atoms with Gasteiger partial charge in [0.1, 0.15) is 0 Å². The van der Waals surface area contributed by atoms with Crippen molar-refractivity contribution in [2.75, 3.05) is 27.3 Å². The third kappa shape index (κ3) is 5.06. The summed E-state index contributed by atoms with van der Waals surface area (Å²) in [5.74, 6) is 0. The molecule has 1 saturated carbocycles. The normalized spacial score (nSPS) is 15.5. The van der Waals surface area contributed by atoms with Gasteiger partial charge in [0, 0.05) is 49.1 Å². The van der Waals surface area contributed by atoms with Crippen molar-refractivity contribution in [2.24, 2.45) is 0 Å². The molecule has 1 aromatic heterocycles. The molecule has 0 amide bonds. The Labute approximate surface area is 114 Å². The topological polar surface area (TPSA) is 24.5 Å². The van der Waals surface area contributed by atoms with Crippen molar-refractivity contribution >= 4 is 11.3 Å². The van der Waals surface area contributed by atoms with E-state index in [9.17, 15) is 0 Å². The van der Waals surface area contributed by atoms with Gasteiger partial charge in [0.25, 0.3) is 0 Å². The highest BCUT2D eigenvalue weighted by atomic mass is 32.1. The van der Waals surface area contributed by atoms with Crippen molar-refractivity contribution in [3.05, 3.63) is 21.9 Å². The van der Waals surface area contributed by atoms with Gasteiger partial charge in [-0.3, -0.25) is 0 Å². The fraction of sp³-hybridized carbons (Fsp3) is 0.714. The summed E-state index contributed by atoms with van der Waals surface area (Å²) >= 11 is 1.93. The second-order valence-corrected chi connectivity index (χ2v) is 6.36. The summed E-state index contributed by atoms with van der Waals surface area (Å²) in [7, 11) is 3.94. The quantitative estimate of drug-likeness (QED) is 0.696. The molecule has 1 aromatic rings. The summed E-state index contributed by atoms with van der Waals surface area (Å²) in [6.45, 7) is 4.05. The Balaban J connectivity index is 1.67. The highest BCUT2D eigenvalue weighted by molar-refractivity contribution is 7.11. The van der Waals surface area contributed by atoms with Crippen LogP contribution in [-0.2, 0) is 17.8 Å². The number of hydrogen-bond donors (Lipinski definition) is 1. The van der Waals surface area contributed by atoms with Crippen molar-refractivity contribution in [1.82, 2.24) is 10.2 Å². The molecule has 18 heavy (non-hydrogen) atoms. The van der Waals surface area contributed by atoms with Crippen LogP contribution in [0.3, 0.4) is 0 Å². The lowest BCUT2D eigenvalue weighted by Gasteiger charge is -2.14. The van der Waals surface area contributed by atoms with Gasteiger partial charge in [-0.25, -0.2) is 0 Å². The van der Waals surface area contributed by atoms with E-state index >= 15 is 0 Å². The zero-order chi connectivity index (χ0) is 12.8. The van der Waals surface area contributed by atoms with E-state index in [1.165, 1.54) is 22.6 Å². The maximum absolute atomic E-state index is 5.07. The molecule has 2 rings (SSSR count). The molecule has 1 aliphatic carbocycles. The third-order valence-corrected chi connectivity index (χ3v) is 4.24. The smallest absolute Gasteiger partial charge is 0.0474 e. The van der Waals surface area contributed by atoms with E-state index in [4.69, 9.17) is 4.74 Å². The molecule has 0 bridgehead atoms. The van der Waals surface area contributed by atoms with Crippen LogP contribution in [0.4, 0.5) is 0 Å². The molecule has 0 aliphatic heterocycles. The molecule has 4 heteroatoms. The first-order valence-corrected chi connectivity index (χ1v) is 7.58. The van der Waals surface area contributed by atoms with Crippen molar-refractivity contribution in [1.29, 1.82) is 0 Å². The average Bonchev–Trinajstić information content (AvgIpc) is 3.08. The molecule has 1 N–H and O–H groups in total. The maximum Gasteiger partial charge on any atom is 0.0474 e. The average molecular weight is 268 g/mol. The summed E-state index contributed by atoms with van der Waals surface area (Å²) in [6, 6.07) is 5.33. The van der Waals surface area contributed by atoms with Gasteiger partial charge in [0.15, 0.2) is 0 Å². The van der Waals surface area contributed by atoms with E-state index in [1.54, 1.807) is 7.11 Å².